The van der Waals surface area contributed by atoms with Crippen LogP contribution in [0.15, 0.2) is 0 Å². The number of thiocarbonyl (C=S) groups is 2. The van der Waals surface area contributed by atoms with Gasteiger partial charge in [0.1, 0.15) is 4.32 Å². The van der Waals surface area contributed by atoms with Gasteiger partial charge in [0.15, 0.2) is 5.11 Å². The van der Waals surface area contributed by atoms with Crippen LogP contribution in [0.3, 0.4) is 0 Å². The van der Waals surface area contributed by atoms with E-state index in [-0.39, 0.29) is 35.3 Å². The third kappa shape index (κ3) is 11.4. The Labute approximate surface area is 152 Å². The summed E-state index contributed by atoms with van der Waals surface area (Å²) < 4.78 is 31.9. The van der Waals surface area contributed by atoms with Gasteiger partial charge in [-0.2, -0.15) is 0 Å². The second-order valence-electron chi connectivity index (χ2n) is 3.31. The van der Waals surface area contributed by atoms with Crippen LogP contribution in [0, 0.1) is 0 Å². The monoisotopic (exact) mass is 352 g/mol. The molecule has 0 saturated heterocycles. The molecule has 0 unspecified atom stereocenters. The number of nitrogens with zero attached hydrogens (tertiary/aromatic N) is 1. The number of hydrogen-bond donors (Lipinski definition) is 1. The summed E-state index contributed by atoms with van der Waals surface area (Å²) in [6, 6.07) is 0. The van der Waals surface area contributed by atoms with Crippen molar-refractivity contribution in [3.05, 3.63) is 0 Å². The SMILES string of the molecule is CCNC(=S)N(CC)C(=S)SCCCS(=O)(=O)[O-].[Na+]. The number of hydrogen-bond acceptors (Lipinski definition) is 6. The van der Waals surface area contributed by atoms with Crippen molar-refractivity contribution in [2.45, 2.75) is 20.3 Å². The van der Waals surface area contributed by atoms with E-state index in [1.54, 1.807) is 4.90 Å². The molecule has 10 heteroatoms. The van der Waals surface area contributed by atoms with Gasteiger partial charge >= 0.3 is 29.6 Å². The average molecular weight is 353 g/mol. The van der Waals surface area contributed by atoms with Gasteiger partial charge in [-0.3, -0.25) is 0 Å². The van der Waals surface area contributed by atoms with E-state index in [1.807, 2.05) is 13.8 Å². The first-order valence-corrected chi connectivity index (χ1v) is 8.85. The predicted molar refractivity (Wildman–Crippen MR) is 82.9 cm³/mol. The van der Waals surface area contributed by atoms with E-state index in [2.05, 4.69) is 5.32 Å². The second-order valence-corrected chi connectivity index (χ2v) is 6.95. The maximum atomic E-state index is 10.4. The molecular weight excluding hydrogens is 335 g/mol. The molecule has 0 aromatic heterocycles. The van der Waals surface area contributed by atoms with E-state index in [1.165, 1.54) is 11.8 Å². The van der Waals surface area contributed by atoms with Crippen molar-refractivity contribution in [3.8, 4) is 0 Å². The van der Waals surface area contributed by atoms with E-state index in [4.69, 9.17) is 24.4 Å². The van der Waals surface area contributed by atoms with Crippen molar-refractivity contribution in [2.75, 3.05) is 24.6 Å². The molecule has 1 N–H and O–H groups in total. The van der Waals surface area contributed by atoms with Crippen LogP contribution in [-0.4, -0.2) is 51.9 Å². The Hall–Kier alpha value is 1.04. The smallest absolute Gasteiger partial charge is 0.748 e. The van der Waals surface area contributed by atoms with Crippen molar-refractivity contribution in [3.63, 3.8) is 0 Å². The van der Waals surface area contributed by atoms with Crippen molar-refractivity contribution >= 4 is 55.7 Å². The third-order valence-corrected chi connectivity index (χ3v) is 4.56. The maximum absolute atomic E-state index is 10.4. The van der Waals surface area contributed by atoms with Crippen molar-refractivity contribution < 1.29 is 42.5 Å². The second kappa shape index (κ2) is 11.7. The first-order chi connectivity index (χ1) is 8.31. The zero-order valence-corrected chi connectivity index (χ0v) is 16.6. The Morgan fingerprint density at radius 1 is 1.37 bits per heavy atom. The summed E-state index contributed by atoms with van der Waals surface area (Å²) in [5.74, 6) is 0.137. The molecule has 0 bridgehead atoms. The molecule has 19 heavy (non-hydrogen) atoms. The van der Waals surface area contributed by atoms with Gasteiger partial charge < -0.3 is 14.8 Å². The Morgan fingerprint density at radius 3 is 2.37 bits per heavy atom. The molecule has 0 spiro atoms. The molecule has 0 fully saturated rings. The fraction of sp³-hybridized carbons (Fsp3) is 0.778. The molecule has 0 aliphatic heterocycles. The normalized spacial score (nSPS) is 10.5. The first-order valence-electron chi connectivity index (χ1n) is 5.47. The van der Waals surface area contributed by atoms with Crippen LogP contribution in [0.4, 0.5) is 0 Å². The molecule has 0 rings (SSSR count). The topological polar surface area (TPSA) is 72.5 Å². The molecule has 5 nitrogen and oxygen atoms in total. The minimum atomic E-state index is -4.13. The van der Waals surface area contributed by atoms with Crippen LogP contribution in [0.2, 0.25) is 0 Å². The summed E-state index contributed by atoms with van der Waals surface area (Å²) in [7, 11) is -4.13. The average Bonchev–Trinajstić information content (AvgIpc) is 2.24. The minimum absolute atomic E-state index is 0. The summed E-state index contributed by atoms with van der Waals surface area (Å²) in [4.78, 5) is 1.77. The molecule has 0 aromatic rings. The van der Waals surface area contributed by atoms with Gasteiger partial charge in [-0.05, 0) is 32.5 Å². The van der Waals surface area contributed by atoms with E-state index >= 15 is 0 Å². The van der Waals surface area contributed by atoms with Crippen LogP contribution in [0.25, 0.3) is 0 Å². The largest absolute Gasteiger partial charge is 1.00 e. The summed E-state index contributed by atoms with van der Waals surface area (Å²) in [6.07, 6.45) is 0.294. The van der Waals surface area contributed by atoms with E-state index in [0.717, 1.165) is 6.54 Å². The fourth-order valence-corrected chi connectivity index (χ4v) is 3.55. The fourth-order valence-electron chi connectivity index (χ4n) is 1.08. The summed E-state index contributed by atoms with van der Waals surface area (Å²) in [5.41, 5.74) is 0. The van der Waals surface area contributed by atoms with Crippen LogP contribution in [0.1, 0.15) is 20.3 Å². The quantitative estimate of drug-likeness (QED) is 0.259. The maximum Gasteiger partial charge on any atom is 1.00 e. The van der Waals surface area contributed by atoms with E-state index in [9.17, 15) is 13.0 Å². The van der Waals surface area contributed by atoms with Gasteiger partial charge in [0.2, 0.25) is 0 Å². The molecular formula is C9H17N2NaO3S4. The van der Waals surface area contributed by atoms with Crippen LogP contribution < -0.4 is 34.9 Å². The van der Waals surface area contributed by atoms with Crippen molar-refractivity contribution in [1.82, 2.24) is 10.2 Å². The molecule has 106 valence electrons. The number of thioether (sulfide) groups is 1. The van der Waals surface area contributed by atoms with E-state index < -0.39 is 10.1 Å². The molecule has 0 amide bonds. The van der Waals surface area contributed by atoms with Gasteiger partial charge in [0.25, 0.3) is 0 Å². The zero-order valence-electron chi connectivity index (χ0n) is 11.3. The number of nitrogens with one attached hydrogen (secondary N) is 1. The van der Waals surface area contributed by atoms with Crippen LogP contribution >= 0.6 is 36.2 Å². The molecule has 0 aliphatic carbocycles. The minimum Gasteiger partial charge on any atom is -0.748 e. The van der Waals surface area contributed by atoms with Gasteiger partial charge in [0.05, 0.1) is 10.1 Å². The predicted octanol–water partition coefficient (Wildman–Crippen LogP) is -1.84. The van der Waals surface area contributed by atoms with E-state index in [0.29, 0.717) is 28.2 Å². The zero-order chi connectivity index (χ0) is 14.2. The summed E-state index contributed by atoms with van der Waals surface area (Å²) in [5, 5.41) is 3.57. The Morgan fingerprint density at radius 2 is 1.95 bits per heavy atom. The molecule has 0 aliphatic rings. The van der Waals surface area contributed by atoms with Gasteiger partial charge in [-0.15, -0.1) is 0 Å². The Balaban J connectivity index is 0. The summed E-state index contributed by atoms with van der Waals surface area (Å²) >= 11 is 11.7. The molecule has 0 heterocycles. The number of rotatable bonds is 6. The van der Waals surface area contributed by atoms with Gasteiger partial charge in [-0.25, -0.2) is 8.42 Å². The molecule has 0 radical (unpaired) electrons. The molecule has 0 atom stereocenters. The van der Waals surface area contributed by atoms with Crippen LogP contribution in [0.5, 0.6) is 0 Å². The molecule has 0 saturated carbocycles. The van der Waals surface area contributed by atoms with Gasteiger partial charge in [0, 0.05) is 24.6 Å². The van der Waals surface area contributed by atoms with Crippen molar-refractivity contribution in [2.24, 2.45) is 0 Å². The standard InChI is InChI=1S/C9H18N2O3S4.Na/c1-3-10-8(15)11(4-2)9(16)17-6-5-7-18(12,13)14;/h3-7H2,1-2H3,(H,10,15)(H,12,13,14);/q;+1/p-1. The van der Waals surface area contributed by atoms with Gasteiger partial charge in [-0.1, -0.05) is 24.0 Å². The summed E-state index contributed by atoms with van der Waals surface area (Å²) in [6.45, 7) is 5.24. The Bertz CT molecular complexity index is 389. The van der Waals surface area contributed by atoms with Crippen LogP contribution in [-0.2, 0) is 10.1 Å². The third-order valence-electron chi connectivity index (χ3n) is 1.87. The Kier molecular flexibility index (Phi) is 13.7. The first kappa shape index (κ1) is 22.3. The van der Waals surface area contributed by atoms with Crippen molar-refractivity contribution in [1.29, 1.82) is 0 Å². The molecule has 0 aromatic carbocycles.